The smallest absolute Gasteiger partial charge is 0.223 e. The minimum atomic E-state index is -0.455. The van der Waals surface area contributed by atoms with Crippen LogP contribution in [0.15, 0.2) is 22.8 Å². The lowest BCUT2D eigenvalue weighted by Gasteiger charge is -2.21. The van der Waals surface area contributed by atoms with Crippen LogP contribution in [-0.4, -0.2) is 17.6 Å². The van der Waals surface area contributed by atoms with Gasteiger partial charge in [0.2, 0.25) is 5.91 Å². The van der Waals surface area contributed by atoms with E-state index in [2.05, 4.69) is 12.2 Å². The summed E-state index contributed by atoms with van der Waals surface area (Å²) in [5, 5.41) is 12.1. The lowest BCUT2D eigenvalue weighted by Crippen LogP contribution is -2.36. The normalized spacial score (nSPS) is 16.2. The molecule has 0 saturated heterocycles. The molecule has 0 aliphatic heterocycles. The van der Waals surface area contributed by atoms with Crippen molar-refractivity contribution in [2.24, 2.45) is 11.8 Å². The Morgan fingerprint density at radius 2 is 2.24 bits per heavy atom. The van der Waals surface area contributed by atoms with Crippen molar-refractivity contribution in [3.05, 3.63) is 24.2 Å². The first-order valence-corrected chi connectivity index (χ1v) is 6.04. The van der Waals surface area contributed by atoms with Gasteiger partial charge in [0.25, 0.3) is 0 Å². The van der Waals surface area contributed by atoms with Gasteiger partial charge in [-0.3, -0.25) is 4.79 Å². The SMILES string of the molecule is CCC(C)C(C)C(=O)NC(CO)c1ccco1. The van der Waals surface area contributed by atoms with Gasteiger partial charge in [-0.15, -0.1) is 0 Å². The second-order valence-electron chi connectivity index (χ2n) is 4.43. The minimum Gasteiger partial charge on any atom is -0.467 e. The number of nitrogens with one attached hydrogen (secondary N) is 1. The van der Waals surface area contributed by atoms with Gasteiger partial charge in [-0.1, -0.05) is 27.2 Å². The monoisotopic (exact) mass is 239 g/mol. The summed E-state index contributed by atoms with van der Waals surface area (Å²) in [6.07, 6.45) is 2.49. The van der Waals surface area contributed by atoms with E-state index in [1.54, 1.807) is 12.1 Å². The molecule has 0 radical (unpaired) electrons. The molecule has 0 aliphatic rings. The molecule has 0 saturated carbocycles. The van der Waals surface area contributed by atoms with Crippen LogP contribution in [-0.2, 0) is 4.79 Å². The van der Waals surface area contributed by atoms with Gasteiger partial charge < -0.3 is 14.8 Å². The maximum Gasteiger partial charge on any atom is 0.223 e. The highest BCUT2D eigenvalue weighted by Crippen LogP contribution is 2.18. The molecule has 1 amide bonds. The van der Waals surface area contributed by atoms with Gasteiger partial charge in [0.15, 0.2) is 0 Å². The van der Waals surface area contributed by atoms with Gasteiger partial charge in [-0.05, 0) is 18.1 Å². The van der Waals surface area contributed by atoms with Gasteiger partial charge in [-0.2, -0.15) is 0 Å². The van der Waals surface area contributed by atoms with Crippen LogP contribution in [0.25, 0.3) is 0 Å². The summed E-state index contributed by atoms with van der Waals surface area (Å²) in [7, 11) is 0. The van der Waals surface area contributed by atoms with Crippen molar-refractivity contribution in [1.82, 2.24) is 5.32 Å². The third-order valence-electron chi connectivity index (χ3n) is 3.30. The number of furan rings is 1. The van der Waals surface area contributed by atoms with Crippen molar-refractivity contribution < 1.29 is 14.3 Å². The fourth-order valence-electron chi connectivity index (χ4n) is 1.61. The molecule has 3 unspecified atom stereocenters. The van der Waals surface area contributed by atoms with Crippen molar-refractivity contribution in [3.8, 4) is 0 Å². The van der Waals surface area contributed by atoms with E-state index >= 15 is 0 Å². The number of hydrogen-bond acceptors (Lipinski definition) is 3. The largest absolute Gasteiger partial charge is 0.467 e. The second kappa shape index (κ2) is 6.45. The Bertz CT molecular complexity index is 334. The molecule has 96 valence electrons. The van der Waals surface area contributed by atoms with Gasteiger partial charge in [-0.25, -0.2) is 0 Å². The summed E-state index contributed by atoms with van der Waals surface area (Å²) in [6, 6.07) is 3.03. The lowest BCUT2D eigenvalue weighted by molar-refractivity contribution is -0.127. The average molecular weight is 239 g/mol. The summed E-state index contributed by atoms with van der Waals surface area (Å²) in [4.78, 5) is 11.9. The number of carbonyl (C=O) groups is 1. The molecule has 0 bridgehead atoms. The fourth-order valence-corrected chi connectivity index (χ4v) is 1.61. The minimum absolute atomic E-state index is 0.0465. The van der Waals surface area contributed by atoms with Crippen LogP contribution in [0.5, 0.6) is 0 Å². The van der Waals surface area contributed by atoms with E-state index < -0.39 is 6.04 Å². The second-order valence-corrected chi connectivity index (χ2v) is 4.43. The molecule has 3 atom stereocenters. The number of aliphatic hydroxyl groups is 1. The predicted molar refractivity (Wildman–Crippen MR) is 65.3 cm³/mol. The van der Waals surface area contributed by atoms with Crippen LogP contribution in [0.4, 0.5) is 0 Å². The Hall–Kier alpha value is -1.29. The molecule has 1 heterocycles. The molecule has 4 heteroatoms. The molecule has 1 aromatic heterocycles. The van der Waals surface area contributed by atoms with Crippen LogP contribution >= 0.6 is 0 Å². The highest BCUT2D eigenvalue weighted by Gasteiger charge is 2.23. The molecule has 0 aliphatic carbocycles. The van der Waals surface area contributed by atoms with E-state index in [0.717, 1.165) is 6.42 Å². The zero-order valence-electron chi connectivity index (χ0n) is 10.6. The molecular weight excluding hydrogens is 218 g/mol. The third kappa shape index (κ3) is 3.60. The molecule has 0 spiro atoms. The maximum absolute atomic E-state index is 11.9. The van der Waals surface area contributed by atoms with Crippen LogP contribution in [0, 0.1) is 11.8 Å². The fraction of sp³-hybridized carbons (Fsp3) is 0.615. The van der Waals surface area contributed by atoms with Gasteiger partial charge >= 0.3 is 0 Å². The topological polar surface area (TPSA) is 62.5 Å². The van der Waals surface area contributed by atoms with E-state index in [0.29, 0.717) is 11.7 Å². The number of rotatable bonds is 6. The van der Waals surface area contributed by atoms with E-state index in [9.17, 15) is 9.90 Å². The van der Waals surface area contributed by atoms with E-state index in [1.807, 2.05) is 13.8 Å². The molecule has 4 nitrogen and oxygen atoms in total. The quantitative estimate of drug-likeness (QED) is 0.799. The zero-order chi connectivity index (χ0) is 12.8. The Balaban J connectivity index is 2.60. The van der Waals surface area contributed by atoms with Gasteiger partial charge in [0.1, 0.15) is 11.8 Å². The molecule has 17 heavy (non-hydrogen) atoms. The molecule has 0 aromatic carbocycles. The molecular formula is C13H21NO3. The van der Waals surface area contributed by atoms with Crippen molar-refractivity contribution in [2.45, 2.75) is 33.2 Å². The van der Waals surface area contributed by atoms with E-state index in [1.165, 1.54) is 6.26 Å². The number of hydrogen-bond donors (Lipinski definition) is 2. The van der Waals surface area contributed by atoms with Crippen LogP contribution < -0.4 is 5.32 Å². The predicted octanol–water partition coefficient (Wildman–Crippen LogP) is 2.11. The highest BCUT2D eigenvalue weighted by atomic mass is 16.3. The first-order valence-electron chi connectivity index (χ1n) is 6.04. The molecule has 2 N–H and O–H groups in total. The average Bonchev–Trinajstić information content (AvgIpc) is 2.87. The maximum atomic E-state index is 11.9. The number of amides is 1. The Labute approximate surface area is 102 Å². The number of aliphatic hydroxyl groups excluding tert-OH is 1. The first-order chi connectivity index (χ1) is 8.10. The van der Waals surface area contributed by atoms with Crippen molar-refractivity contribution in [3.63, 3.8) is 0 Å². The van der Waals surface area contributed by atoms with Gasteiger partial charge in [0.05, 0.1) is 12.9 Å². The molecule has 0 fully saturated rings. The van der Waals surface area contributed by atoms with E-state index in [-0.39, 0.29) is 18.4 Å². The molecule has 1 aromatic rings. The Kier molecular flexibility index (Phi) is 5.22. The van der Waals surface area contributed by atoms with Crippen LogP contribution in [0.1, 0.15) is 39.0 Å². The van der Waals surface area contributed by atoms with E-state index in [4.69, 9.17) is 4.42 Å². The zero-order valence-corrected chi connectivity index (χ0v) is 10.6. The Morgan fingerprint density at radius 1 is 1.53 bits per heavy atom. The summed E-state index contributed by atoms with van der Waals surface area (Å²) in [5.41, 5.74) is 0. The third-order valence-corrected chi connectivity index (χ3v) is 3.30. The Morgan fingerprint density at radius 3 is 2.71 bits per heavy atom. The summed E-state index contributed by atoms with van der Waals surface area (Å²) < 4.78 is 5.18. The first kappa shape index (κ1) is 13.8. The van der Waals surface area contributed by atoms with Gasteiger partial charge in [0, 0.05) is 5.92 Å². The summed E-state index contributed by atoms with van der Waals surface area (Å²) >= 11 is 0. The summed E-state index contributed by atoms with van der Waals surface area (Å²) in [5.74, 6) is 0.793. The molecule has 1 rings (SSSR count). The lowest BCUT2D eigenvalue weighted by atomic mass is 9.92. The van der Waals surface area contributed by atoms with Crippen molar-refractivity contribution in [1.29, 1.82) is 0 Å². The summed E-state index contributed by atoms with van der Waals surface area (Å²) in [6.45, 7) is 5.85. The van der Waals surface area contributed by atoms with Crippen molar-refractivity contribution in [2.75, 3.05) is 6.61 Å². The highest BCUT2D eigenvalue weighted by molar-refractivity contribution is 5.78. The van der Waals surface area contributed by atoms with Crippen LogP contribution in [0.2, 0.25) is 0 Å². The van der Waals surface area contributed by atoms with Crippen LogP contribution in [0.3, 0.4) is 0 Å². The number of carbonyl (C=O) groups excluding carboxylic acids is 1. The standard InChI is InChI=1S/C13H21NO3/c1-4-9(2)10(3)13(16)14-11(8-15)12-6-5-7-17-12/h5-7,9-11,15H,4,8H2,1-3H3,(H,14,16). The van der Waals surface area contributed by atoms with Crippen molar-refractivity contribution >= 4 is 5.91 Å².